The van der Waals surface area contributed by atoms with E-state index < -0.39 is 5.97 Å². The first-order valence-electron chi connectivity index (χ1n) is 4.35. The Labute approximate surface area is 82.5 Å². The summed E-state index contributed by atoms with van der Waals surface area (Å²) >= 11 is 0. The first-order chi connectivity index (χ1) is 6.67. The summed E-state index contributed by atoms with van der Waals surface area (Å²) in [6, 6.07) is 1.59. The van der Waals surface area contributed by atoms with Gasteiger partial charge in [-0.05, 0) is 19.9 Å². The summed E-state index contributed by atoms with van der Waals surface area (Å²) in [4.78, 5) is 19.3. The Kier molecular flexibility index (Phi) is 3.39. The highest BCUT2D eigenvalue weighted by Gasteiger charge is 2.09. The predicted molar refractivity (Wildman–Crippen MR) is 52.3 cm³/mol. The molecule has 0 aliphatic heterocycles. The van der Waals surface area contributed by atoms with Gasteiger partial charge in [0, 0.05) is 12.2 Å². The summed E-state index contributed by atoms with van der Waals surface area (Å²) in [7, 11) is 1.33. The monoisotopic (exact) mass is 195 g/mol. The third-order valence-electron chi connectivity index (χ3n) is 1.58. The molecule has 1 heterocycles. The average molecular weight is 195 g/mol. The Morgan fingerprint density at radius 2 is 2.29 bits per heavy atom. The molecule has 0 amide bonds. The lowest BCUT2D eigenvalue weighted by molar-refractivity contribution is 0.0594. The number of nitrogens with one attached hydrogen (secondary N) is 1. The quantitative estimate of drug-likeness (QED) is 0.729. The second kappa shape index (κ2) is 4.55. The fourth-order valence-electron chi connectivity index (χ4n) is 1.01. The summed E-state index contributed by atoms with van der Waals surface area (Å²) in [6.07, 6.45) is 0. The number of esters is 1. The summed E-state index contributed by atoms with van der Waals surface area (Å²) in [5.41, 5.74) is 1.01. The molecule has 5 heteroatoms. The average Bonchev–Trinajstić information content (AvgIpc) is 2.16. The molecule has 76 valence electrons. The molecule has 0 aromatic carbocycles. The third-order valence-corrected chi connectivity index (χ3v) is 1.58. The maximum absolute atomic E-state index is 11.2. The van der Waals surface area contributed by atoms with Crippen LogP contribution in [0.4, 0.5) is 5.95 Å². The number of rotatable bonds is 3. The van der Waals surface area contributed by atoms with Crippen LogP contribution in [0.15, 0.2) is 6.07 Å². The van der Waals surface area contributed by atoms with Crippen molar-refractivity contribution >= 4 is 11.9 Å². The summed E-state index contributed by atoms with van der Waals surface area (Å²) in [6.45, 7) is 4.45. The van der Waals surface area contributed by atoms with E-state index in [0.29, 0.717) is 12.5 Å². The molecule has 1 aromatic heterocycles. The van der Waals surface area contributed by atoms with Gasteiger partial charge in [-0.3, -0.25) is 0 Å². The van der Waals surface area contributed by atoms with E-state index in [1.54, 1.807) is 13.0 Å². The zero-order chi connectivity index (χ0) is 10.6. The molecule has 1 aromatic rings. The van der Waals surface area contributed by atoms with Gasteiger partial charge in [-0.25, -0.2) is 14.8 Å². The third kappa shape index (κ3) is 2.42. The minimum Gasteiger partial charge on any atom is -0.464 e. The van der Waals surface area contributed by atoms with Crippen LogP contribution < -0.4 is 5.32 Å². The van der Waals surface area contributed by atoms with E-state index in [4.69, 9.17) is 0 Å². The first kappa shape index (κ1) is 10.4. The Morgan fingerprint density at radius 1 is 1.57 bits per heavy atom. The van der Waals surface area contributed by atoms with Crippen LogP contribution in [0.25, 0.3) is 0 Å². The molecular formula is C9H13N3O2. The molecule has 0 aliphatic rings. The van der Waals surface area contributed by atoms with Crippen LogP contribution in [-0.2, 0) is 4.74 Å². The van der Waals surface area contributed by atoms with Gasteiger partial charge in [0.2, 0.25) is 5.95 Å². The van der Waals surface area contributed by atoms with Crippen LogP contribution in [-0.4, -0.2) is 29.6 Å². The number of ether oxygens (including phenoxy) is 1. The minimum atomic E-state index is -0.449. The Hall–Kier alpha value is -1.65. The van der Waals surface area contributed by atoms with Crippen LogP contribution in [0.3, 0.4) is 0 Å². The number of aromatic nitrogens is 2. The zero-order valence-electron chi connectivity index (χ0n) is 8.50. The largest absolute Gasteiger partial charge is 0.464 e. The Bertz CT molecular complexity index is 339. The van der Waals surface area contributed by atoms with Crippen LogP contribution in [0, 0.1) is 6.92 Å². The molecule has 0 radical (unpaired) electrons. The standard InChI is InChI=1S/C9H13N3O2/c1-4-10-9-11-6(2)5-7(12-9)8(13)14-3/h5H,4H2,1-3H3,(H,10,11,12). The number of anilines is 1. The summed E-state index contributed by atoms with van der Waals surface area (Å²) in [5.74, 6) is 0.00236. The molecule has 0 saturated carbocycles. The first-order valence-corrected chi connectivity index (χ1v) is 4.35. The second-order valence-electron chi connectivity index (χ2n) is 2.74. The highest BCUT2D eigenvalue weighted by Crippen LogP contribution is 2.05. The minimum absolute atomic E-state index is 0.274. The molecule has 0 atom stereocenters. The fourth-order valence-corrected chi connectivity index (χ4v) is 1.01. The molecule has 0 unspecified atom stereocenters. The molecule has 0 bridgehead atoms. The summed E-state index contributed by atoms with van der Waals surface area (Å²) < 4.78 is 4.57. The maximum Gasteiger partial charge on any atom is 0.356 e. The van der Waals surface area contributed by atoms with Gasteiger partial charge < -0.3 is 10.1 Å². The molecule has 1 rings (SSSR count). The molecule has 0 saturated heterocycles. The van der Waals surface area contributed by atoms with Gasteiger partial charge in [-0.1, -0.05) is 0 Å². The lowest BCUT2D eigenvalue weighted by atomic mass is 10.3. The normalized spacial score (nSPS) is 9.64. The molecule has 14 heavy (non-hydrogen) atoms. The van der Waals surface area contributed by atoms with Crippen molar-refractivity contribution in [3.8, 4) is 0 Å². The number of carbonyl (C=O) groups is 1. The lowest BCUT2D eigenvalue weighted by Gasteiger charge is -2.04. The smallest absolute Gasteiger partial charge is 0.356 e. The van der Waals surface area contributed by atoms with E-state index in [-0.39, 0.29) is 5.69 Å². The van der Waals surface area contributed by atoms with Crippen LogP contribution in [0.2, 0.25) is 0 Å². The van der Waals surface area contributed by atoms with Crippen molar-refractivity contribution in [3.05, 3.63) is 17.5 Å². The number of hydrogen-bond acceptors (Lipinski definition) is 5. The molecule has 1 N–H and O–H groups in total. The van der Waals surface area contributed by atoms with Gasteiger partial charge in [0.15, 0.2) is 5.69 Å². The number of methoxy groups -OCH3 is 1. The van der Waals surface area contributed by atoms with Gasteiger partial charge in [-0.15, -0.1) is 0 Å². The van der Waals surface area contributed by atoms with Crippen molar-refractivity contribution in [1.82, 2.24) is 9.97 Å². The number of aryl methyl sites for hydroxylation is 1. The number of carbonyl (C=O) groups excluding carboxylic acids is 1. The topological polar surface area (TPSA) is 64.1 Å². The van der Waals surface area contributed by atoms with Gasteiger partial charge in [0.1, 0.15) is 0 Å². The molecule has 5 nitrogen and oxygen atoms in total. The van der Waals surface area contributed by atoms with Gasteiger partial charge >= 0.3 is 5.97 Å². The lowest BCUT2D eigenvalue weighted by Crippen LogP contribution is -2.10. The number of hydrogen-bond donors (Lipinski definition) is 1. The van der Waals surface area contributed by atoms with E-state index in [9.17, 15) is 4.79 Å². The predicted octanol–water partition coefficient (Wildman–Crippen LogP) is 1.00. The van der Waals surface area contributed by atoms with Crippen LogP contribution in [0.1, 0.15) is 23.1 Å². The van der Waals surface area contributed by atoms with Crippen molar-refractivity contribution in [3.63, 3.8) is 0 Å². The van der Waals surface area contributed by atoms with Gasteiger partial charge in [0.05, 0.1) is 7.11 Å². The van der Waals surface area contributed by atoms with E-state index in [2.05, 4.69) is 20.0 Å². The van der Waals surface area contributed by atoms with Crippen LogP contribution >= 0.6 is 0 Å². The molecule has 0 fully saturated rings. The van der Waals surface area contributed by atoms with Crippen molar-refractivity contribution in [2.75, 3.05) is 19.0 Å². The molecule has 0 spiro atoms. The Morgan fingerprint density at radius 3 is 2.86 bits per heavy atom. The zero-order valence-corrected chi connectivity index (χ0v) is 8.50. The van der Waals surface area contributed by atoms with E-state index in [1.807, 2.05) is 6.92 Å². The highest BCUT2D eigenvalue weighted by atomic mass is 16.5. The van der Waals surface area contributed by atoms with Crippen molar-refractivity contribution < 1.29 is 9.53 Å². The summed E-state index contributed by atoms with van der Waals surface area (Å²) in [5, 5.41) is 2.94. The van der Waals surface area contributed by atoms with E-state index >= 15 is 0 Å². The second-order valence-corrected chi connectivity index (χ2v) is 2.74. The fraction of sp³-hybridized carbons (Fsp3) is 0.444. The van der Waals surface area contributed by atoms with Gasteiger partial charge in [-0.2, -0.15) is 0 Å². The van der Waals surface area contributed by atoms with E-state index in [1.165, 1.54) is 7.11 Å². The van der Waals surface area contributed by atoms with Crippen LogP contribution in [0.5, 0.6) is 0 Å². The highest BCUT2D eigenvalue weighted by molar-refractivity contribution is 5.87. The SMILES string of the molecule is CCNc1nc(C)cc(C(=O)OC)n1. The molecular weight excluding hydrogens is 182 g/mol. The van der Waals surface area contributed by atoms with Crippen molar-refractivity contribution in [2.45, 2.75) is 13.8 Å². The van der Waals surface area contributed by atoms with Gasteiger partial charge in [0.25, 0.3) is 0 Å². The Balaban J connectivity index is 3.00. The van der Waals surface area contributed by atoms with E-state index in [0.717, 1.165) is 5.69 Å². The maximum atomic E-state index is 11.2. The van der Waals surface area contributed by atoms with Crippen molar-refractivity contribution in [1.29, 1.82) is 0 Å². The van der Waals surface area contributed by atoms with Crippen molar-refractivity contribution in [2.24, 2.45) is 0 Å². The molecule has 0 aliphatic carbocycles. The number of nitrogens with zero attached hydrogens (tertiary/aromatic N) is 2.